The minimum absolute atomic E-state index is 0.190. The van der Waals surface area contributed by atoms with E-state index in [9.17, 15) is 8.42 Å². The first-order valence-electron chi connectivity index (χ1n) is 1.68. The van der Waals surface area contributed by atoms with Crippen molar-refractivity contribution < 1.29 is 8.42 Å². The Bertz CT molecular complexity index is 291. The Labute approximate surface area is 45.1 Å². The minimum Gasteiger partial charge on any atom is -0.252 e. The van der Waals surface area contributed by atoms with Crippen LogP contribution in [0.15, 0.2) is 0 Å². The second-order valence-corrected chi connectivity index (χ2v) is 1.83. The second kappa shape index (κ2) is 1.78. The number of aromatic nitrogens is 4. The van der Waals surface area contributed by atoms with Crippen molar-refractivity contribution in [2.75, 3.05) is 0 Å². The van der Waals surface area contributed by atoms with Crippen molar-refractivity contribution in [1.29, 1.82) is 0 Å². The van der Waals surface area contributed by atoms with E-state index >= 15 is 0 Å². The largest absolute Gasteiger partial charge is 0.291 e. The van der Waals surface area contributed by atoms with Crippen LogP contribution in [0.3, 0.4) is 0 Å². The van der Waals surface area contributed by atoms with Crippen LogP contribution in [-0.4, -0.2) is 29.0 Å². The SMILES string of the molecule is O=S(=O)=c1nn[nH][nH]1. The molecule has 0 amide bonds. The number of tetrazole rings is 1. The van der Waals surface area contributed by atoms with Gasteiger partial charge in [-0.1, -0.05) is 10.3 Å². The van der Waals surface area contributed by atoms with Gasteiger partial charge >= 0.3 is 0 Å². The Kier molecular flexibility index (Phi) is 1.12. The molecule has 0 radical (unpaired) electrons. The summed E-state index contributed by atoms with van der Waals surface area (Å²) in [4.78, 5) is 0. The zero-order chi connectivity index (χ0) is 5.98. The van der Waals surface area contributed by atoms with Gasteiger partial charge in [-0.15, -0.1) is 0 Å². The molecule has 44 valence electrons. The van der Waals surface area contributed by atoms with Crippen molar-refractivity contribution in [3.63, 3.8) is 0 Å². The third kappa shape index (κ3) is 0.757. The van der Waals surface area contributed by atoms with Gasteiger partial charge in [0.15, 0.2) is 0 Å². The zero-order valence-electron chi connectivity index (χ0n) is 3.62. The van der Waals surface area contributed by atoms with Gasteiger partial charge in [-0.2, -0.15) is 13.6 Å². The summed E-state index contributed by atoms with van der Waals surface area (Å²) < 4.78 is 19.6. The highest BCUT2D eigenvalue weighted by atomic mass is 32.2. The molecule has 0 atom stereocenters. The molecule has 8 heavy (non-hydrogen) atoms. The van der Waals surface area contributed by atoms with Crippen LogP contribution in [0.5, 0.6) is 0 Å². The Morgan fingerprint density at radius 2 is 2.25 bits per heavy atom. The molecule has 2 N–H and O–H groups in total. The lowest BCUT2D eigenvalue weighted by Crippen LogP contribution is -1.69. The predicted molar refractivity (Wildman–Crippen MR) is 22.9 cm³/mol. The van der Waals surface area contributed by atoms with Crippen LogP contribution >= 0.6 is 0 Å². The molecule has 0 saturated heterocycles. The highest BCUT2D eigenvalue weighted by Crippen LogP contribution is 1.59. The number of aromatic amines is 2. The number of nitrogens with one attached hydrogen (secondary N) is 2. The summed E-state index contributed by atoms with van der Waals surface area (Å²) in [7, 11) is -2.31. The highest BCUT2D eigenvalue weighted by Gasteiger charge is 1.79. The molecule has 7 heteroatoms. The molecule has 0 spiro atoms. The van der Waals surface area contributed by atoms with Crippen LogP contribution in [0.2, 0.25) is 0 Å². The molecule has 0 aliphatic carbocycles. The number of hydrogen-bond acceptors (Lipinski definition) is 4. The maximum atomic E-state index is 9.91. The first kappa shape index (κ1) is 5.04. The first-order valence-corrected chi connectivity index (χ1v) is 2.76. The van der Waals surface area contributed by atoms with Gasteiger partial charge in [-0.3, -0.25) is 5.10 Å². The van der Waals surface area contributed by atoms with Crippen molar-refractivity contribution in [2.45, 2.75) is 0 Å². The predicted octanol–water partition coefficient (Wildman–Crippen LogP) is -1.46. The summed E-state index contributed by atoms with van der Waals surface area (Å²) in [5, 5.41) is 10.6. The van der Waals surface area contributed by atoms with E-state index < -0.39 is 10.3 Å². The molecular weight excluding hydrogens is 132 g/mol. The molecule has 0 fully saturated rings. The van der Waals surface area contributed by atoms with E-state index in [2.05, 4.69) is 20.6 Å². The zero-order valence-corrected chi connectivity index (χ0v) is 4.44. The summed E-state index contributed by atoms with van der Waals surface area (Å²) in [6, 6.07) is 0. The van der Waals surface area contributed by atoms with Crippen LogP contribution in [0.1, 0.15) is 0 Å². The number of H-pyrrole nitrogens is 2. The highest BCUT2D eigenvalue weighted by molar-refractivity contribution is 7.63. The lowest BCUT2D eigenvalue weighted by molar-refractivity contribution is 0.623. The van der Waals surface area contributed by atoms with E-state index in [1.165, 1.54) is 0 Å². The summed E-state index contributed by atoms with van der Waals surface area (Å²) in [6.45, 7) is 0. The molecule has 0 aliphatic heterocycles. The molecule has 1 heterocycles. The minimum atomic E-state index is -2.31. The topological polar surface area (TPSA) is 91.5 Å². The quantitative estimate of drug-likeness (QED) is 0.424. The first-order chi connectivity index (χ1) is 3.80. The van der Waals surface area contributed by atoms with Crippen LogP contribution < -0.4 is 0 Å². The average Bonchev–Trinajstić information content (AvgIpc) is 2.12. The van der Waals surface area contributed by atoms with Crippen molar-refractivity contribution in [1.82, 2.24) is 20.6 Å². The fourth-order valence-corrected chi connectivity index (χ4v) is 0.480. The normalized spacial score (nSPS) is 9.00. The van der Waals surface area contributed by atoms with E-state index in [1.54, 1.807) is 0 Å². The monoisotopic (exact) mass is 134 g/mol. The van der Waals surface area contributed by atoms with Gasteiger partial charge in [0.25, 0.3) is 15.1 Å². The molecular formula is CH2N4O2S. The standard InChI is InChI=1S/CH2N4O2S/c6-8(7)1-2-4-5-3-1/h(H,2,5)(H,3,4). The van der Waals surface area contributed by atoms with E-state index in [-0.39, 0.29) is 4.77 Å². The van der Waals surface area contributed by atoms with Gasteiger partial charge in [0.05, 0.1) is 0 Å². The maximum Gasteiger partial charge on any atom is 0.291 e. The second-order valence-electron chi connectivity index (χ2n) is 0.977. The van der Waals surface area contributed by atoms with E-state index in [1.807, 2.05) is 0 Å². The number of rotatable bonds is 0. The summed E-state index contributed by atoms with van der Waals surface area (Å²) in [6.07, 6.45) is 0. The molecule has 0 bridgehead atoms. The Morgan fingerprint density at radius 1 is 1.50 bits per heavy atom. The molecule has 0 unspecified atom stereocenters. The molecule has 0 saturated carbocycles. The molecule has 1 aromatic heterocycles. The van der Waals surface area contributed by atoms with Crippen molar-refractivity contribution in [3.05, 3.63) is 4.77 Å². The number of nitrogens with zero attached hydrogens (tertiary/aromatic N) is 2. The summed E-state index contributed by atoms with van der Waals surface area (Å²) >= 11 is 0. The Morgan fingerprint density at radius 3 is 2.50 bits per heavy atom. The molecule has 0 aliphatic rings. The smallest absolute Gasteiger partial charge is 0.252 e. The van der Waals surface area contributed by atoms with Crippen LogP contribution in [0, 0.1) is 4.77 Å². The summed E-state index contributed by atoms with van der Waals surface area (Å²) in [5.41, 5.74) is 0. The van der Waals surface area contributed by atoms with Gasteiger partial charge in [-0.05, 0) is 0 Å². The van der Waals surface area contributed by atoms with Gasteiger partial charge in [-0.25, -0.2) is 0 Å². The van der Waals surface area contributed by atoms with E-state index in [4.69, 9.17) is 0 Å². The molecule has 6 nitrogen and oxygen atoms in total. The lowest BCUT2D eigenvalue weighted by atomic mass is 11.4. The van der Waals surface area contributed by atoms with Gasteiger partial charge < -0.3 is 0 Å². The van der Waals surface area contributed by atoms with Crippen LogP contribution in [0.25, 0.3) is 0 Å². The van der Waals surface area contributed by atoms with Crippen LogP contribution in [0.4, 0.5) is 0 Å². The van der Waals surface area contributed by atoms with E-state index in [0.717, 1.165) is 0 Å². The average molecular weight is 134 g/mol. The fraction of sp³-hybridized carbons (Fsp3) is 0. The third-order valence-corrected chi connectivity index (χ3v) is 1.01. The number of hydrogen-bond donors (Lipinski definition) is 2. The van der Waals surface area contributed by atoms with Crippen molar-refractivity contribution in [3.8, 4) is 0 Å². The third-order valence-electron chi connectivity index (χ3n) is 0.512. The van der Waals surface area contributed by atoms with Crippen molar-refractivity contribution in [2.24, 2.45) is 0 Å². The molecule has 0 aromatic carbocycles. The Balaban J connectivity index is 3.78. The van der Waals surface area contributed by atoms with Gasteiger partial charge in [0.1, 0.15) is 0 Å². The van der Waals surface area contributed by atoms with Crippen LogP contribution in [-0.2, 0) is 10.3 Å². The van der Waals surface area contributed by atoms with Gasteiger partial charge in [0.2, 0.25) is 0 Å². The molecule has 1 rings (SSSR count). The van der Waals surface area contributed by atoms with E-state index in [0.29, 0.717) is 0 Å². The fourth-order valence-electron chi connectivity index (χ4n) is 0.243. The maximum absolute atomic E-state index is 9.91. The molecule has 1 aromatic rings. The van der Waals surface area contributed by atoms with Gasteiger partial charge in [0, 0.05) is 0 Å². The summed E-state index contributed by atoms with van der Waals surface area (Å²) in [5.74, 6) is 0. The van der Waals surface area contributed by atoms with Crippen molar-refractivity contribution >= 4 is 10.3 Å². The Hall–Kier alpha value is -1.11. The lowest BCUT2D eigenvalue weighted by Gasteiger charge is -1.53.